The fourth-order valence-corrected chi connectivity index (χ4v) is 4.90. The smallest absolute Gasteiger partial charge is 0.0205 e. The lowest BCUT2D eigenvalue weighted by Crippen LogP contribution is -2.32. The highest BCUT2D eigenvalue weighted by Crippen LogP contribution is 2.42. The topological polar surface area (TPSA) is 0 Å². The van der Waals surface area contributed by atoms with E-state index < -0.39 is 0 Å². The zero-order valence-corrected chi connectivity index (χ0v) is 14.7. The third kappa shape index (κ3) is 4.37. The maximum atomic E-state index is 2.57. The summed E-state index contributed by atoms with van der Waals surface area (Å²) >= 11 is 0. The summed E-state index contributed by atoms with van der Waals surface area (Å²) in [6.45, 7) is 12.1. The molecule has 0 aromatic rings. The Balaban J connectivity index is 3.06. The van der Waals surface area contributed by atoms with Gasteiger partial charge in [-0.05, 0) is 55.3 Å². The van der Waals surface area contributed by atoms with Gasteiger partial charge < -0.3 is 0 Å². The molecule has 0 fully saturated rings. The van der Waals surface area contributed by atoms with Crippen LogP contribution in [0.5, 0.6) is 0 Å². The van der Waals surface area contributed by atoms with Crippen LogP contribution >= 0.6 is 0 Å². The average molecular weight is 279 g/mol. The third-order valence-corrected chi connectivity index (χ3v) is 5.99. The molecule has 0 heteroatoms. The first-order chi connectivity index (χ1) is 9.73. The lowest BCUT2D eigenvalue weighted by atomic mass is 9.65. The number of hydrogen-bond acceptors (Lipinski definition) is 0. The molecule has 1 aliphatic rings. The zero-order chi connectivity index (χ0) is 15.0. The van der Waals surface area contributed by atoms with Gasteiger partial charge in [-0.1, -0.05) is 72.5 Å². The molecular weight excluding hydrogens is 240 g/mol. The van der Waals surface area contributed by atoms with Gasteiger partial charge in [0.25, 0.3) is 0 Å². The fraction of sp³-hybridized carbons (Fsp3) is 0.900. The first kappa shape index (κ1) is 17.8. The molecule has 5 atom stereocenters. The fourth-order valence-electron chi connectivity index (χ4n) is 4.90. The van der Waals surface area contributed by atoms with Crippen molar-refractivity contribution in [3.05, 3.63) is 12.2 Å². The molecule has 0 saturated carbocycles. The minimum atomic E-state index is 0.814. The largest absolute Gasteiger partial charge is 0.0882 e. The van der Waals surface area contributed by atoms with E-state index >= 15 is 0 Å². The SMILES string of the molecule is CCC1/C=C/CCCC(CC)C(CC)C(CC)C1CC. The Morgan fingerprint density at radius 2 is 1.40 bits per heavy atom. The Labute approximate surface area is 128 Å². The molecule has 0 aromatic carbocycles. The van der Waals surface area contributed by atoms with Gasteiger partial charge in [0.15, 0.2) is 0 Å². The second-order valence-electron chi connectivity index (χ2n) is 6.82. The van der Waals surface area contributed by atoms with Crippen LogP contribution in [-0.4, -0.2) is 0 Å². The average Bonchev–Trinajstić information content (AvgIpc) is 2.49. The summed E-state index contributed by atoms with van der Waals surface area (Å²) in [7, 11) is 0. The highest BCUT2D eigenvalue weighted by atomic mass is 14.4. The molecule has 1 aliphatic carbocycles. The van der Waals surface area contributed by atoms with Gasteiger partial charge in [0.05, 0.1) is 0 Å². The molecule has 118 valence electrons. The maximum Gasteiger partial charge on any atom is -0.0205 e. The summed E-state index contributed by atoms with van der Waals surface area (Å²) in [6.07, 6.45) is 16.0. The molecule has 0 heterocycles. The van der Waals surface area contributed by atoms with Crippen molar-refractivity contribution in [2.24, 2.45) is 29.6 Å². The highest BCUT2D eigenvalue weighted by Gasteiger charge is 2.33. The van der Waals surface area contributed by atoms with E-state index in [0.29, 0.717) is 0 Å². The normalized spacial score (nSPS) is 37.5. The molecule has 1 rings (SSSR count). The second-order valence-corrected chi connectivity index (χ2v) is 6.82. The van der Waals surface area contributed by atoms with E-state index in [9.17, 15) is 0 Å². The van der Waals surface area contributed by atoms with Gasteiger partial charge in [-0.25, -0.2) is 0 Å². The van der Waals surface area contributed by atoms with E-state index in [-0.39, 0.29) is 0 Å². The molecule has 0 spiro atoms. The lowest BCUT2D eigenvalue weighted by Gasteiger charge is -2.40. The minimum absolute atomic E-state index is 0.814. The van der Waals surface area contributed by atoms with Crippen LogP contribution in [0.3, 0.4) is 0 Å². The van der Waals surface area contributed by atoms with Gasteiger partial charge in [-0.15, -0.1) is 0 Å². The van der Waals surface area contributed by atoms with Crippen molar-refractivity contribution in [1.29, 1.82) is 0 Å². The van der Waals surface area contributed by atoms with Crippen molar-refractivity contribution in [1.82, 2.24) is 0 Å². The molecule has 5 unspecified atom stereocenters. The Kier molecular flexibility index (Phi) is 8.57. The van der Waals surface area contributed by atoms with E-state index in [1.54, 1.807) is 0 Å². The molecule has 20 heavy (non-hydrogen) atoms. The van der Waals surface area contributed by atoms with E-state index in [1.807, 2.05) is 0 Å². The van der Waals surface area contributed by atoms with E-state index in [0.717, 1.165) is 29.6 Å². The van der Waals surface area contributed by atoms with Crippen molar-refractivity contribution < 1.29 is 0 Å². The minimum Gasteiger partial charge on any atom is -0.0882 e. The van der Waals surface area contributed by atoms with Gasteiger partial charge in [-0.3, -0.25) is 0 Å². The molecule has 0 radical (unpaired) electrons. The number of rotatable bonds is 5. The summed E-state index contributed by atoms with van der Waals surface area (Å²) in [5.41, 5.74) is 0. The van der Waals surface area contributed by atoms with Gasteiger partial charge in [0, 0.05) is 0 Å². The van der Waals surface area contributed by atoms with E-state index in [1.165, 1.54) is 51.4 Å². The summed E-state index contributed by atoms with van der Waals surface area (Å²) < 4.78 is 0. The van der Waals surface area contributed by atoms with E-state index in [4.69, 9.17) is 0 Å². The number of allylic oxidation sites excluding steroid dienone is 2. The predicted molar refractivity (Wildman–Crippen MR) is 91.9 cm³/mol. The molecule has 0 bridgehead atoms. The van der Waals surface area contributed by atoms with Crippen LogP contribution in [0, 0.1) is 29.6 Å². The predicted octanol–water partition coefficient (Wildman–Crippen LogP) is 6.86. The van der Waals surface area contributed by atoms with Gasteiger partial charge in [0.1, 0.15) is 0 Å². The summed E-state index contributed by atoms with van der Waals surface area (Å²) in [4.78, 5) is 0. The van der Waals surface area contributed by atoms with Crippen LogP contribution in [0.15, 0.2) is 12.2 Å². The summed E-state index contributed by atoms with van der Waals surface area (Å²) in [5, 5.41) is 0. The van der Waals surface area contributed by atoms with Crippen LogP contribution in [-0.2, 0) is 0 Å². The Hall–Kier alpha value is -0.260. The highest BCUT2D eigenvalue weighted by molar-refractivity contribution is 4.95. The van der Waals surface area contributed by atoms with Crippen molar-refractivity contribution in [2.75, 3.05) is 0 Å². The lowest BCUT2D eigenvalue weighted by molar-refractivity contribution is 0.107. The van der Waals surface area contributed by atoms with Crippen molar-refractivity contribution >= 4 is 0 Å². The quantitative estimate of drug-likeness (QED) is 0.482. The molecule has 0 saturated heterocycles. The van der Waals surface area contributed by atoms with E-state index in [2.05, 4.69) is 46.8 Å². The van der Waals surface area contributed by atoms with Crippen molar-refractivity contribution in [2.45, 2.75) is 86.0 Å². The zero-order valence-electron chi connectivity index (χ0n) is 14.7. The molecular formula is C20H38. The Morgan fingerprint density at radius 3 is 1.90 bits per heavy atom. The van der Waals surface area contributed by atoms with Crippen LogP contribution < -0.4 is 0 Å². The summed E-state index contributed by atoms with van der Waals surface area (Å²) in [6, 6.07) is 0. The van der Waals surface area contributed by atoms with Crippen LogP contribution in [0.2, 0.25) is 0 Å². The maximum absolute atomic E-state index is 2.57. The monoisotopic (exact) mass is 278 g/mol. The molecule has 0 aliphatic heterocycles. The second kappa shape index (κ2) is 9.64. The van der Waals surface area contributed by atoms with Gasteiger partial charge >= 0.3 is 0 Å². The van der Waals surface area contributed by atoms with Crippen LogP contribution in [0.25, 0.3) is 0 Å². The van der Waals surface area contributed by atoms with Gasteiger partial charge in [-0.2, -0.15) is 0 Å². The Morgan fingerprint density at radius 1 is 0.750 bits per heavy atom. The molecule has 0 amide bonds. The Bertz CT molecular complexity index is 265. The first-order valence-electron chi connectivity index (χ1n) is 9.39. The molecule has 0 N–H and O–H groups in total. The van der Waals surface area contributed by atoms with Crippen LogP contribution in [0.4, 0.5) is 0 Å². The standard InChI is InChI=1S/C20H38/c1-6-16-14-12-11-13-15-17(7-2)19(9-4)20(10-5)18(16)8-3/h12,14,16-20H,6-11,13,15H2,1-5H3/b14-12+. The number of hydrogen-bond donors (Lipinski definition) is 0. The summed E-state index contributed by atoms with van der Waals surface area (Å²) in [5.74, 6) is 4.56. The van der Waals surface area contributed by atoms with Crippen LogP contribution in [0.1, 0.15) is 86.0 Å². The van der Waals surface area contributed by atoms with Crippen molar-refractivity contribution in [3.63, 3.8) is 0 Å². The molecule has 0 aromatic heterocycles. The molecule has 0 nitrogen and oxygen atoms in total. The van der Waals surface area contributed by atoms with Gasteiger partial charge in [0.2, 0.25) is 0 Å². The first-order valence-corrected chi connectivity index (χ1v) is 9.39. The third-order valence-electron chi connectivity index (χ3n) is 5.99. The van der Waals surface area contributed by atoms with Crippen molar-refractivity contribution in [3.8, 4) is 0 Å².